The van der Waals surface area contributed by atoms with Gasteiger partial charge < -0.3 is 19.5 Å². The molecule has 1 atom stereocenters. The van der Waals surface area contributed by atoms with Crippen molar-refractivity contribution in [2.24, 2.45) is 0 Å². The van der Waals surface area contributed by atoms with Gasteiger partial charge in [0.2, 0.25) is 0 Å². The molecule has 1 aromatic carbocycles. The fourth-order valence-electron chi connectivity index (χ4n) is 2.02. The molecule has 1 N–H and O–H groups in total. The van der Waals surface area contributed by atoms with E-state index < -0.39 is 0 Å². The highest BCUT2D eigenvalue weighted by molar-refractivity contribution is 5.42. The summed E-state index contributed by atoms with van der Waals surface area (Å²) < 4.78 is 16.8. The molecule has 0 aliphatic heterocycles. The van der Waals surface area contributed by atoms with E-state index in [4.69, 9.17) is 14.2 Å². The van der Waals surface area contributed by atoms with Gasteiger partial charge in [-0.05, 0) is 51.9 Å². The molecule has 0 heterocycles. The van der Waals surface area contributed by atoms with Crippen molar-refractivity contribution in [1.29, 1.82) is 0 Å². The molecule has 0 aromatic heterocycles. The standard InChI is InChI=1S/C17H29NO3/c1-7-10-18-15(12-21-17(2,3)4)14-11-13(19-5)8-9-16(14)20-6/h8-9,11,15,18H,7,10,12H2,1-6H3. The van der Waals surface area contributed by atoms with Gasteiger partial charge in [-0.15, -0.1) is 0 Å². The topological polar surface area (TPSA) is 39.7 Å². The highest BCUT2D eigenvalue weighted by Gasteiger charge is 2.20. The molecule has 0 spiro atoms. The van der Waals surface area contributed by atoms with E-state index in [1.54, 1.807) is 14.2 Å². The van der Waals surface area contributed by atoms with Crippen molar-refractivity contribution in [3.63, 3.8) is 0 Å². The Morgan fingerprint density at radius 2 is 1.86 bits per heavy atom. The van der Waals surface area contributed by atoms with Crippen LogP contribution in [-0.4, -0.2) is 33.0 Å². The van der Waals surface area contributed by atoms with Crippen molar-refractivity contribution in [3.8, 4) is 11.5 Å². The smallest absolute Gasteiger partial charge is 0.123 e. The van der Waals surface area contributed by atoms with E-state index in [-0.39, 0.29) is 11.6 Å². The summed E-state index contributed by atoms with van der Waals surface area (Å²) in [7, 11) is 3.36. The number of methoxy groups -OCH3 is 2. The molecule has 0 aliphatic carbocycles. The zero-order valence-electron chi connectivity index (χ0n) is 14.2. The molecule has 0 aliphatic rings. The Morgan fingerprint density at radius 1 is 1.14 bits per heavy atom. The van der Waals surface area contributed by atoms with Gasteiger partial charge in [-0.25, -0.2) is 0 Å². The largest absolute Gasteiger partial charge is 0.497 e. The van der Waals surface area contributed by atoms with E-state index in [9.17, 15) is 0 Å². The van der Waals surface area contributed by atoms with Gasteiger partial charge in [-0.1, -0.05) is 6.92 Å². The van der Waals surface area contributed by atoms with Crippen LogP contribution in [0.25, 0.3) is 0 Å². The Morgan fingerprint density at radius 3 is 2.38 bits per heavy atom. The first-order chi connectivity index (χ1) is 9.91. The van der Waals surface area contributed by atoms with E-state index in [2.05, 4.69) is 33.0 Å². The Hall–Kier alpha value is -1.26. The predicted octanol–water partition coefficient (Wildman–Crippen LogP) is 3.56. The first kappa shape index (κ1) is 17.8. The van der Waals surface area contributed by atoms with Crippen LogP contribution < -0.4 is 14.8 Å². The molecule has 1 rings (SSSR count). The van der Waals surface area contributed by atoms with Crippen molar-refractivity contribution < 1.29 is 14.2 Å². The number of nitrogens with one attached hydrogen (secondary N) is 1. The minimum absolute atomic E-state index is 0.0780. The number of rotatable bonds is 8. The highest BCUT2D eigenvalue weighted by Crippen LogP contribution is 2.30. The predicted molar refractivity (Wildman–Crippen MR) is 86.3 cm³/mol. The molecule has 0 amide bonds. The van der Waals surface area contributed by atoms with Gasteiger partial charge in [-0.3, -0.25) is 0 Å². The van der Waals surface area contributed by atoms with Crippen LogP contribution in [0.2, 0.25) is 0 Å². The Bertz CT molecular complexity index is 427. The number of hydrogen-bond donors (Lipinski definition) is 1. The first-order valence-electron chi connectivity index (χ1n) is 7.50. The fourth-order valence-corrected chi connectivity index (χ4v) is 2.02. The third-order valence-electron chi connectivity index (χ3n) is 3.14. The van der Waals surface area contributed by atoms with Gasteiger partial charge in [0.05, 0.1) is 32.5 Å². The van der Waals surface area contributed by atoms with Crippen LogP contribution >= 0.6 is 0 Å². The van der Waals surface area contributed by atoms with Crippen LogP contribution in [0.15, 0.2) is 18.2 Å². The molecule has 4 heteroatoms. The van der Waals surface area contributed by atoms with Crippen molar-refractivity contribution in [2.45, 2.75) is 45.8 Å². The van der Waals surface area contributed by atoms with Crippen LogP contribution in [0.5, 0.6) is 11.5 Å². The normalized spacial score (nSPS) is 13.0. The van der Waals surface area contributed by atoms with Crippen LogP contribution in [0, 0.1) is 0 Å². The summed E-state index contributed by atoms with van der Waals surface area (Å²) >= 11 is 0. The molecular weight excluding hydrogens is 266 g/mol. The SMILES string of the molecule is CCCNC(COC(C)(C)C)c1cc(OC)ccc1OC. The zero-order chi connectivity index (χ0) is 15.9. The van der Waals surface area contributed by atoms with E-state index in [1.165, 1.54) is 0 Å². The van der Waals surface area contributed by atoms with E-state index in [0.29, 0.717) is 6.61 Å². The molecule has 120 valence electrons. The monoisotopic (exact) mass is 295 g/mol. The summed E-state index contributed by atoms with van der Waals surface area (Å²) in [5.74, 6) is 1.67. The maximum absolute atomic E-state index is 5.96. The number of hydrogen-bond acceptors (Lipinski definition) is 4. The van der Waals surface area contributed by atoms with Gasteiger partial charge >= 0.3 is 0 Å². The first-order valence-corrected chi connectivity index (χ1v) is 7.50. The summed E-state index contributed by atoms with van der Waals surface area (Å²) in [4.78, 5) is 0. The molecule has 0 bridgehead atoms. The van der Waals surface area contributed by atoms with Gasteiger partial charge in [0.1, 0.15) is 11.5 Å². The van der Waals surface area contributed by atoms with E-state index in [1.807, 2.05) is 18.2 Å². The maximum atomic E-state index is 5.96. The molecule has 21 heavy (non-hydrogen) atoms. The van der Waals surface area contributed by atoms with Gasteiger partial charge in [0.25, 0.3) is 0 Å². The molecule has 1 aromatic rings. The summed E-state index contributed by atoms with van der Waals surface area (Å²) in [5.41, 5.74) is 0.896. The molecule has 1 unspecified atom stereocenters. The lowest BCUT2D eigenvalue weighted by molar-refractivity contribution is -0.0150. The average Bonchev–Trinajstić information content (AvgIpc) is 2.45. The molecular formula is C17H29NO3. The second kappa shape index (κ2) is 8.25. The number of ether oxygens (including phenoxy) is 3. The van der Waals surface area contributed by atoms with Crippen LogP contribution in [-0.2, 0) is 4.74 Å². The van der Waals surface area contributed by atoms with Crippen LogP contribution in [0.1, 0.15) is 45.7 Å². The fraction of sp³-hybridized carbons (Fsp3) is 0.647. The summed E-state index contributed by atoms with van der Waals surface area (Å²) in [6.07, 6.45) is 1.07. The third-order valence-corrected chi connectivity index (χ3v) is 3.14. The van der Waals surface area contributed by atoms with Crippen molar-refractivity contribution in [2.75, 3.05) is 27.4 Å². The number of benzene rings is 1. The Labute approximate surface area is 128 Å². The van der Waals surface area contributed by atoms with Crippen LogP contribution in [0.4, 0.5) is 0 Å². The van der Waals surface area contributed by atoms with Crippen molar-refractivity contribution in [3.05, 3.63) is 23.8 Å². The second-order valence-electron chi connectivity index (χ2n) is 6.04. The zero-order valence-corrected chi connectivity index (χ0v) is 14.2. The van der Waals surface area contributed by atoms with E-state index >= 15 is 0 Å². The average molecular weight is 295 g/mol. The quantitative estimate of drug-likeness (QED) is 0.796. The third kappa shape index (κ3) is 5.94. The second-order valence-corrected chi connectivity index (χ2v) is 6.04. The van der Waals surface area contributed by atoms with Gasteiger partial charge in [-0.2, -0.15) is 0 Å². The molecule has 0 saturated carbocycles. The lowest BCUT2D eigenvalue weighted by Gasteiger charge is -2.26. The summed E-state index contributed by atoms with van der Waals surface area (Å²) in [5, 5.41) is 3.52. The van der Waals surface area contributed by atoms with Gasteiger partial charge in [0.15, 0.2) is 0 Å². The maximum Gasteiger partial charge on any atom is 0.123 e. The Kier molecular flexibility index (Phi) is 6.99. The lowest BCUT2D eigenvalue weighted by atomic mass is 10.0. The molecule has 0 fully saturated rings. The van der Waals surface area contributed by atoms with E-state index in [0.717, 1.165) is 30.0 Å². The highest BCUT2D eigenvalue weighted by atomic mass is 16.5. The minimum Gasteiger partial charge on any atom is -0.497 e. The summed E-state index contributed by atoms with van der Waals surface area (Å²) in [6, 6.07) is 5.93. The summed E-state index contributed by atoms with van der Waals surface area (Å²) in [6.45, 7) is 9.86. The molecule has 0 saturated heterocycles. The van der Waals surface area contributed by atoms with Crippen molar-refractivity contribution in [1.82, 2.24) is 5.32 Å². The van der Waals surface area contributed by atoms with Crippen LogP contribution in [0.3, 0.4) is 0 Å². The molecule has 0 radical (unpaired) electrons. The minimum atomic E-state index is -0.168. The molecule has 4 nitrogen and oxygen atoms in total. The van der Waals surface area contributed by atoms with Gasteiger partial charge in [0, 0.05) is 5.56 Å². The Balaban J connectivity index is 2.99. The lowest BCUT2D eigenvalue weighted by Crippen LogP contribution is -2.31. The van der Waals surface area contributed by atoms with Crippen molar-refractivity contribution >= 4 is 0 Å².